The predicted molar refractivity (Wildman–Crippen MR) is 139 cm³/mol. The lowest BCUT2D eigenvalue weighted by molar-refractivity contribution is -0.144. The normalized spacial score (nSPS) is 12.2. The van der Waals surface area contributed by atoms with Crippen molar-refractivity contribution in [3.8, 4) is 0 Å². The fourth-order valence-corrected chi connectivity index (χ4v) is 4.05. The fourth-order valence-electron chi connectivity index (χ4n) is 4.05. The van der Waals surface area contributed by atoms with Gasteiger partial charge in [-0.2, -0.15) is 0 Å². The van der Waals surface area contributed by atoms with Crippen molar-refractivity contribution in [2.24, 2.45) is 0 Å². The lowest BCUT2D eigenvalue weighted by atomic mass is 10.0. The van der Waals surface area contributed by atoms with Gasteiger partial charge in [0.25, 0.3) is 0 Å². The second kappa shape index (κ2) is 25.3. The van der Waals surface area contributed by atoms with Crippen molar-refractivity contribution in [2.45, 2.75) is 155 Å². The largest absolute Gasteiger partial charge is 0.463 e. The summed E-state index contributed by atoms with van der Waals surface area (Å²) in [5, 5.41) is 0. The molecule has 4 heteroatoms. The fraction of sp³-hybridized carbons (Fsp3) is 0.862. The topological polar surface area (TPSA) is 52.6 Å². The first-order valence-corrected chi connectivity index (χ1v) is 14.2. The molecule has 0 aromatic carbocycles. The Labute approximate surface area is 205 Å². The molecule has 0 aromatic heterocycles. The van der Waals surface area contributed by atoms with Gasteiger partial charge in [0.15, 0.2) is 0 Å². The molecule has 33 heavy (non-hydrogen) atoms. The maximum Gasteiger partial charge on any atom is 0.331 e. The molecule has 0 spiro atoms. The van der Waals surface area contributed by atoms with Crippen LogP contribution < -0.4 is 0 Å². The number of hydrogen-bond donors (Lipinski definition) is 0. The maximum atomic E-state index is 11.9. The highest BCUT2D eigenvalue weighted by Crippen LogP contribution is 2.14. The van der Waals surface area contributed by atoms with E-state index in [1.807, 2.05) is 0 Å². The van der Waals surface area contributed by atoms with Crippen LogP contribution in [0, 0.1) is 0 Å². The number of esters is 2. The van der Waals surface area contributed by atoms with Crippen LogP contribution in [0.15, 0.2) is 12.2 Å². The summed E-state index contributed by atoms with van der Waals surface area (Å²) in [6.45, 7) is 6.90. The summed E-state index contributed by atoms with van der Waals surface area (Å²) in [6.07, 6.45) is 26.9. The first kappa shape index (κ1) is 31.7. The van der Waals surface area contributed by atoms with Crippen LogP contribution in [0.3, 0.4) is 0 Å². The van der Waals surface area contributed by atoms with Crippen LogP contribution in [0.1, 0.15) is 149 Å². The third kappa shape index (κ3) is 23.6. The molecule has 4 nitrogen and oxygen atoms in total. The minimum atomic E-state index is -0.460. The third-order valence-corrected chi connectivity index (χ3v) is 6.12. The summed E-state index contributed by atoms with van der Waals surface area (Å²) in [4.78, 5) is 23.7. The molecule has 0 aliphatic carbocycles. The quantitative estimate of drug-likeness (QED) is 0.0809. The highest BCUT2D eigenvalue weighted by Gasteiger charge is 2.11. The van der Waals surface area contributed by atoms with E-state index in [4.69, 9.17) is 9.47 Å². The zero-order chi connectivity index (χ0) is 24.4. The lowest BCUT2D eigenvalue weighted by Crippen LogP contribution is -2.17. The molecule has 0 saturated heterocycles. The molecule has 0 aliphatic heterocycles. The van der Waals surface area contributed by atoms with E-state index in [1.54, 1.807) is 0 Å². The average molecular weight is 467 g/mol. The molecule has 0 heterocycles. The van der Waals surface area contributed by atoms with Gasteiger partial charge in [0.1, 0.15) is 6.10 Å². The first-order chi connectivity index (χ1) is 16.1. The van der Waals surface area contributed by atoms with Gasteiger partial charge in [0.2, 0.25) is 0 Å². The van der Waals surface area contributed by atoms with Crippen molar-refractivity contribution in [3.05, 3.63) is 12.2 Å². The van der Waals surface area contributed by atoms with Crippen molar-refractivity contribution < 1.29 is 19.1 Å². The predicted octanol–water partition coefficient (Wildman–Crippen LogP) is 8.86. The highest BCUT2D eigenvalue weighted by molar-refractivity contribution is 5.91. The molecular weight excluding hydrogens is 412 g/mol. The Balaban J connectivity index is 3.53. The number of carbonyl (C=O) groups is 2. The van der Waals surface area contributed by atoms with Gasteiger partial charge in [-0.3, -0.25) is 0 Å². The Morgan fingerprint density at radius 1 is 0.545 bits per heavy atom. The molecule has 0 radical (unpaired) electrons. The summed E-state index contributed by atoms with van der Waals surface area (Å²) < 4.78 is 10.6. The van der Waals surface area contributed by atoms with Crippen LogP contribution in [-0.4, -0.2) is 24.6 Å². The van der Waals surface area contributed by atoms with Crippen LogP contribution in [0.4, 0.5) is 0 Å². The maximum absolute atomic E-state index is 11.9. The molecule has 0 N–H and O–H groups in total. The molecular formula is C29H54O4. The smallest absolute Gasteiger partial charge is 0.331 e. The van der Waals surface area contributed by atoms with Crippen LogP contribution in [0.2, 0.25) is 0 Å². The van der Waals surface area contributed by atoms with Gasteiger partial charge in [-0.05, 0) is 19.3 Å². The van der Waals surface area contributed by atoms with E-state index < -0.39 is 11.9 Å². The van der Waals surface area contributed by atoms with Crippen molar-refractivity contribution in [1.82, 2.24) is 0 Å². The van der Waals surface area contributed by atoms with Gasteiger partial charge < -0.3 is 9.47 Å². The summed E-state index contributed by atoms with van der Waals surface area (Å²) in [7, 11) is 0. The van der Waals surface area contributed by atoms with E-state index in [-0.39, 0.29) is 6.10 Å². The van der Waals surface area contributed by atoms with Crippen molar-refractivity contribution in [2.75, 3.05) is 6.61 Å². The molecule has 194 valence electrons. The Hall–Kier alpha value is -1.32. The van der Waals surface area contributed by atoms with Crippen LogP contribution >= 0.6 is 0 Å². The number of rotatable bonds is 24. The van der Waals surface area contributed by atoms with Gasteiger partial charge in [-0.25, -0.2) is 9.59 Å². The molecule has 1 unspecified atom stereocenters. The minimum absolute atomic E-state index is 0.0524. The molecule has 0 aliphatic rings. The molecule has 1 atom stereocenters. The van der Waals surface area contributed by atoms with Gasteiger partial charge in [-0.1, -0.05) is 130 Å². The SMILES string of the molecule is CCCCCCCCCCCCCCCCCOC(=O)/C=C/C(=O)OC(CCC)CCCC. The Morgan fingerprint density at radius 3 is 1.48 bits per heavy atom. The van der Waals surface area contributed by atoms with E-state index in [0.717, 1.165) is 44.9 Å². The number of ether oxygens (including phenoxy) is 2. The Kier molecular flexibility index (Phi) is 24.3. The second-order valence-corrected chi connectivity index (χ2v) is 9.44. The van der Waals surface area contributed by atoms with Crippen LogP contribution in [-0.2, 0) is 19.1 Å². The molecule has 0 bridgehead atoms. The summed E-state index contributed by atoms with van der Waals surface area (Å²) in [5.41, 5.74) is 0. The van der Waals surface area contributed by atoms with E-state index >= 15 is 0 Å². The van der Waals surface area contributed by atoms with Crippen LogP contribution in [0.25, 0.3) is 0 Å². The molecule has 0 aromatic rings. The van der Waals surface area contributed by atoms with Gasteiger partial charge >= 0.3 is 11.9 Å². The second-order valence-electron chi connectivity index (χ2n) is 9.44. The Bertz CT molecular complexity index is 472. The lowest BCUT2D eigenvalue weighted by Gasteiger charge is -2.15. The van der Waals surface area contributed by atoms with Crippen LogP contribution in [0.5, 0.6) is 0 Å². The van der Waals surface area contributed by atoms with Crippen molar-refractivity contribution in [3.63, 3.8) is 0 Å². The summed E-state index contributed by atoms with van der Waals surface area (Å²) in [6, 6.07) is 0. The monoisotopic (exact) mass is 466 g/mol. The minimum Gasteiger partial charge on any atom is -0.463 e. The van der Waals surface area contributed by atoms with Crippen molar-refractivity contribution >= 4 is 11.9 Å². The van der Waals surface area contributed by atoms with Gasteiger partial charge in [0, 0.05) is 12.2 Å². The highest BCUT2D eigenvalue weighted by atomic mass is 16.5. The van der Waals surface area contributed by atoms with E-state index in [0.29, 0.717) is 6.61 Å². The van der Waals surface area contributed by atoms with Gasteiger partial charge in [0.05, 0.1) is 6.61 Å². The Morgan fingerprint density at radius 2 is 1.00 bits per heavy atom. The summed E-state index contributed by atoms with van der Waals surface area (Å²) in [5.74, 6) is -0.911. The molecule has 0 amide bonds. The zero-order valence-electron chi connectivity index (χ0n) is 22.2. The number of carbonyl (C=O) groups excluding carboxylic acids is 2. The standard InChI is InChI=1S/C29H54O4/c1-4-7-9-10-11-12-13-14-15-16-17-18-19-20-21-26-32-28(30)24-25-29(31)33-27(22-6-3)23-8-5-2/h24-25,27H,4-23,26H2,1-3H3/b25-24+. The van der Waals surface area contributed by atoms with Crippen molar-refractivity contribution in [1.29, 1.82) is 0 Å². The van der Waals surface area contributed by atoms with Gasteiger partial charge in [-0.15, -0.1) is 0 Å². The summed E-state index contributed by atoms with van der Waals surface area (Å²) >= 11 is 0. The first-order valence-electron chi connectivity index (χ1n) is 14.2. The third-order valence-electron chi connectivity index (χ3n) is 6.12. The molecule has 0 fully saturated rings. The average Bonchev–Trinajstić information content (AvgIpc) is 2.81. The molecule has 0 rings (SSSR count). The molecule has 0 saturated carbocycles. The van der Waals surface area contributed by atoms with E-state index in [2.05, 4.69) is 20.8 Å². The van der Waals surface area contributed by atoms with E-state index in [1.165, 1.54) is 95.6 Å². The van der Waals surface area contributed by atoms with E-state index in [9.17, 15) is 9.59 Å². The zero-order valence-corrected chi connectivity index (χ0v) is 22.2. The number of unbranched alkanes of at least 4 members (excludes halogenated alkanes) is 15. The number of hydrogen-bond acceptors (Lipinski definition) is 4.